The fourth-order valence-corrected chi connectivity index (χ4v) is 6.41. The van der Waals surface area contributed by atoms with Gasteiger partial charge >= 0.3 is 0 Å². The smallest absolute Gasteiger partial charge is 0.0162 e. The Morgan fingerprint density at radius 2 is 1.43 bits per heavy atom. The molecular formula is C14H20. The van der Waals surface area contributed by atoms with E-state index in [4.69, 9.17) is 0 Å². The normalized spacial score (nSPS) is 78.6. The van der Waals surface area contributed by atoms with Gasteiger partial charge in [-0.15, -0.1) is 0 Å². The summed E-state index contributed by atoms with van der Waals surface area (Å²) < 4.78 is 0. The molecule has 5 rings (SSSR count). The first kappa shape index (κ1) is 7.30. The monoisotopic (exact) mass is 188 g/mol. The Bertz CT molecular complexity index is 395. The molecule has 5 unspecified atom stereocenters. The summed E-state index contributed by atoms with van der Waals surface area (Å²) in [6, 6.07) is 0. The first-order chi connectivity index (χ1) is 6.46. The Morgan fingerprint density at radius 3 is 1.79 bits per heavy atom. The molecule has 0 heterocycles. The molecule has 0 heteroatoms. The van der Waals surface area contributed by atoms with Crippen LogP contribution in [0.3, 0.4) is 0 Å². The second kappa shape index (κ2) is 1.30. The van der Waals surface area contributed by atoms with Crippen molar-refractivity contribution in [3.63, 3.8) is 0 Å². The van der Waals surface area contributed by atoms with Crippen molar-refractivity contribution in [1.82, 2.24) is 0 Å². The zero-order valence-electron chi connectivity index (χ0n) is 9.61. The van der Waals surface area contributed by atoms with Crippen LogP contribution >= 0.6 is 0 Å². The van der Waals surface area contributed by atoms with E-state index in [2.05, 4.69) is 20.8 Å². The third kappa shape index (κ3) is 0.390. The average molecular weight is 188 g/mol. The lowest BCUT2D eigenvalue weighted by Gasteiger charge is -2.00. The topological polar surface area (TPSA) is 0 Å². The highest BCUT2D eigenvalue weighted by Gasteiger charge is 3.05. The van der Waals surface area contributed by atoms with Crippen molar-refractivity contribution < 1.29 is 0 Å². The Labute approximate surface area is 86.5 Å². The van der Waals surface area contributed by atoms with Crippen LogP contribution in [0.1, 0.15) is 52.9 Å². The highest BCUT2D eigenvalue weighted by molar-refractivity contribution is 5.52. The maximum atomic E-state index is 2.51. The van der Waals surface area contributed by atoms with Gasteiger partial charge in [0.1, 0.15) is 0 Å². The highest BCUT2D eigenvalue weighted by atomic mass is 15.1. The van der Waals surface area contributed by atoms with Crippen LogP contribution < -0.4 is 0 Å². The van der Waals surface area contributed by atoms with Crippen molar-refractivity contribution in [2.24, 2.45) is 33.0 Å². The second-order valence-corrected chi connectivity index (χ2v) is 8.10. The Hall–Kier alpha value is 0. The van der Waals surface area contributed by atoms with Crippen molar-refractivity contribution >= 4 is 0 Å². The molecule has 76 valence electrons. The molecule has 5 fully saturated rings. The molecule has 0 saturated heterocycles. The van der Waals surface area contributed by atoms with Gasteiger partial charge in [0, 0.05) is 0 Å². The van der Waals surface area contributed by atoms with Gasteiger partial charge < -0.3 is 0 Å². The molecule has 0 N–H and O–H groups in total. The summed E-state index contributed by atoms with van der Waals surface area (Å²) in [5.41, 5.74) is 4.40. The Morgan fingerprint density at radius 1 is 0.857 bits per heavy atom. The van der Waals surface area contributed by atoms with Crippen molar-refractivity contribution in [3.8, 4) is 0 Å². The summed E-state index contributed by atoms with van der Waals surface area (Å²) in [6.45, 7) is 7.52. The van der Waals surface area contributed by atoms with Crippen LogP contribution in [0.4, 0.5) is 0 Å². The molecule has 0 radical (unpaired) electrons. The molecule has 0 aromatic carbocycles. The molecule has 0 aliphatic heterocycles. The molecule has 4 spiro atoms. The third-order valence-electron chi connectivity index (χ3n) is 7.60. The van der Waals surface area contributed by atoms with E-state index in [0.29, 0.717) is 0 Å². The minimum absolute atomic E-state index is 0.735. The molecule has 0 nitrogen and oxygen atoms in total. The summed E-state index contributed by atoms with van der Waals surface area (Å²) in [5, 5.41) is 0. The van der Waals surface area contributed by atoms with Crippen LogP contribution in [0.25, 0.3) is 0 Å². The van der Waals surface area contributed by atoms with Gasteiger partial charge in [-0.3, -0.25) is 0 Å². The Kier molecular flexibility index (Phi) is 0.676. The molecule has 5 atom stereocenters. The molecule has 0 amide bonds. The van der Waals surface area contributed by atoms with Crippen molar-refractivity contribution in [1.29, 1.82) is 0 Å². The standard InChI is InChI=1S/C14H20/c1-9-4-11(9)6-13(11)8-14(13)7-12(14)5-10(12,2)3/h9H,4-8H2,1-3H3. The summed E-state index contributed by atoms with van der Waals surface area (Å²) in [6.07, 6.45) is 8.06. The van der Waals surface area contributed by atoms with Crippen LogP contribution in [-0.2, 0) is 0 Å². The van der Waals surface area contributed by atoms with Crippen LogP contribution in [0.5, 0.6) is 0 Å². The van der Waals surface area contributed by atoms with E-state index in [0.717, 1.165) is 33.0 Å². The lowest BCUT2D eigenvalue weighted by molar-refractivity contribution is 0.469. The molecule has 5 aliphatic rings. The van der Waals surface area contributed by atoms with E-state index in [9.17, 15) is 0 Å². The van der Waals surface area contributed by atoms with Gasteiger partial charge in [-0.25, -0.2) is 0 Å². The first-order valence-electron chi connectivity index (χ1n) is 6.46. The van der Waals surface area contributed by atoms with Gasteiger partial charge in [0.25, 0.3) is 0 Å². The van der Waals surface area contributed by atoms with Gasteiger partial charge in [-0.05, 0) is 65.1 Å². The molecule has 0 bridgehead atoms. The third-order valence-corrected chi connectivity index (χ3v) is 7.60. The van der Waals surface area contributed by atoms with Crippen molar-refractivity contribution in [2.45, 2.75) is 52.9 Å². The maximum absolute atomic E-state index is 2.51. The quantitative estimate of drug-likeness (QED) is 0.544. The molecule has 14 heavy (non-hydrogen) atoms. The molecule has 0 aromatic heterocycles. The number of hydrogen-bond acceptors (Lipinski definition) is 0. The van der Waals surface area contributed by atoms with Gasteiger partial charge in [-0.2, -0.15) is 0 Å². The van der Waals surface area contributed by atoms with E-state index in [1.807, 2.05) is 0 Å². The lowest BCUT2D eigenvalue weighted by atomic mass is 10.0. The number of rotatable bonds is 0. The second-order valence-electron chi connectivity index (χ2n) is 8.10. The fraction of sp³-hybridized carbons (Fsp3) is 1.00. The van der Waals surface area contributed by atoms with E-state index in [1.165, 1.54) is 0 Å². The van der Waals surface area contributed by atoms with Gasteiger partial charge in [0.05, 0.1) is 0 Å². The van der Waals surface area contributed by atoms with Gasteiger partial charge in [0.2, 0.25) is 0 Å². The summed E-state index contributed by atoms with van der Waals surface area (Å²) in [4.78, 5) is 0. The summed E-state index contributed by atoms with van der Waals surface area (Å²) in [7, 11) is 0. The van der Waals surface area contributed by atoms with E-state index < -0.39 is 0 Å². The summed E-state index contributed by atoms with van der Waals surface area (Å²) in [5.74, 6) is 1.10. The SMILES string of the molecule is CC1CC12CC21CC12CC21CC1(C)C. The number of hydrogen-bond donors (Lipinski definition) is 0. The molecule has 5 saturated carbocycles. The number of fused-ring (bicyclic) bond motifs is 3. The van der Waals surface area contributed by atoms with E-state index in [-0.39, 0.29) is 0 Å². The van der Waals surface area contributed by atoms with E-state index in [1.54, 1.807) is 32.1 Å². The van der Waals surface area contributed by atoms with Crippen LogP contribution in [0, 0.1) is 33.0 Å². The fourth-order valence-electron chi connectivity index (χ4n) is 6.41. The minimum atomic E-state index is 0.735. The van der Waals surface area contributed by atoms with Crippen LogP contribution in [-0.4, -0.2) is 0 Å². The van der Waals surface area contributed by atoms with Crippen molar-refractivity contribution in [3.05, 3.63) is 0 Å². The van der Waals surface area contributed by atoms with Crippen molar-refractivity contribution in [2.75, 3.05) is 0 Å². The predicted octanol–water partition coefficient (Wildman–Crippen LogP) is 3.61. The van der Waals surface area contributed by atoms with Gasteiger partial charge in [-0.1, -0.05) is 20.8 Å². The maximum Gasteiger partial charge on any atom is -0.0162 e. The minimum Gasteiger partial charge on any atom is -0.0619 e. The lowest BCUT2D eigenvalue weighted by Crippen LogP contribution is -1.96. The summed E-state index contributed by atoms with van der Waals surface area (Å²) >= 11 is 0. The van der Waals surface area contributed by atoms with Crippen LogP contribution in [0.15, 0.2) is 0 Å². The van der Waals surface area contributed by atoms with Gasteiger partial charge in [0.15, 0.2) is 0 Å². The Balaban J connectivity index is 1.53. The first-order valence-corrected chi connectivity index (χ1v) is 6.46. The zero-order valence-corrected chi connectivity index (χ0v) is 9.61. The zero-order chi connectivity index (χ0) is 9.61. The largest absolute Gasteiger partial charge is 0.0619 e. The highest BCUT2D eigenvalue weighted by Crippen LogP contribution is 3.11. The predicted molar refractivity (Wildman–Crippen MR) is 55.8 cm³/mol. The van der Waals surface area contributed by atoms with Crippen LogP contribution in [0.2, 0.25) is 0 Å². The molecule has 5 aliphatic carbocycles. The van der Waals surface area contributed by atoms with E-state index >= 15 is 0 Å². The molecular weight excluding hydrogens is 168 g/mol. The average Bonchev–Trinajstić information content (AvgIpc) is 2.86. The molecule has 0 aromatic rings.